The van der Waals surface area contributed by atoms with Crippen molar-refractivity contribution >= 4 is 17.5 Å². The van der Waals surface area contributed by atoms with Crippen molar-refractivity contribution in [3.63, 3.8) is 0 Å². The van der Waals surface area contributed by atoms with Crippen molar-refractivity contribution < 1.29 is 36.2 Å². The SMILES string of the molecule is CCn1nc(C(=O)NCC2(O)CCC(C)CC2)c(C#N)c1-c1ccc(CC(C)(C)C(F)(F)F)cc1OC.O=S=O. The zero-order valence-corrected chi connectivity index (χ0v) is 24.0. The normalized spacial score (nSPS) is 19.1. The molecule has 220 valence electrons. The molecule has 1 heterocycles. The topological polar surface area (TPSA) is 134 Å². The Morgan fingerprint density at radius 2 is 1.90 bits per heavy atom. The third kappa shape index (κ3) is 7.69. The molecule has 3 rings (SSSR count). The third-order valence-electron chi connectivity index (χ3n) is 7.30. The van der Waals surface area contributed by atoms with Gasteiger partial charge in [-0.1, -0.05) is 26.8 Å². The minimum atomic E-state index is -4.38. The highest BCUT2D eigenvalue weighted by atomic mass is 32.1. The molecule has 0 aliphatic heterocycles. The van der Waals surface area contributed by atoms with E-state index in [-0.39, 0.29) is 30.0 Å². The molecule has 1 amide bonds. The number of amides is 1. The number of aromatic nitrogens is 2. The van der Waals surface area contributed by atoms with Crippen molar-refractivity contribution in [2.75, 3.05) is 13.7 Å². The number of carbonyl (C=O) groups is 1. The summed E-state index contributed by atoms with van der Waals surface area (Å²) in [5.74, 6) is 0.239. The number of hydrogen-bond donors (Lipinski definition) is 2. The summed E-state index contributed by atoms with van der Waals surface area (Å²) in [6.45, 7) is 6.62. The van der Waals surface area contributed by atoms with E-state index in [1.165, 1.54) is 17.9 Å². The Morgan fingerprint density at radius 1 is 1.30 bits per heavy atom. The fourth-order valence-corrected chi connectivity index (χ4v) is 4.69. The van der Waals surface area contributed by atoms with Gasteiger partial charge in [0, 0.05) is 18.7 Å². The van der Waals surface area contributed by atoms with Gasteiger partial charge in [-0.2, -0.15) is 31.9 Å². The lowest BCUT2D eigenvalue weighted by molar-refractivity contribution is -0.211. The molecule has 9 nitrogen and oxygen atoms in total. The van der Waals surface area contributed by atoms with E-state index in [0.717, 1.165) is 26.7 Å². The largest absolute Gasteiger partial charge is 0.496 e. The van der Waals surface area contributed by atoms with Crippen molar-refractivity contribution in [2.24, 2.45) is 11.3 Å². The molecule has 1 fully saturated rings. The molecule has 0 saturated heterocycles. The molecular formula is C27H35F3N4O5S. The summed E-state index contributed by atoms with van der Waals surface area (Å²) in [6, 6.07) is 6.75. The lowest BCUT2D eigenvalue weighted by Crippen LogP contribution is -2.45. The number of benzene rings is 1. The lowest BCUT2D eigenvalue weighted by atomic mass is 9.79. The first-order valence-corrected chi connectivity index (χ1v) is 13.5. The van der Waals surface area contributed by atoms with Gasteiger partial charge in [-0.15, -0.1) is 0 Å². The summed E-state index contributed by atoms with van der Waals surface area (Å²) in [6.07, 6.45) is -1.70. The molecule has 2 aromatic rings. The Morgan fingerprint density at radius 3 is 2.40 bits per heavy atom. The van der Waals surface area contributed by atoms with E-state index in [9.17, 15) is 28.3 Å². The van der Waals surface area contributed by atoms with Crippen LogP contribution in [0.15, 0.2) is 18.2 Å². The zero-order chi connectivity index (χ0) is 30.3. The van der Waals surface area contributed by atoms with Crippen LogP contribution < -0.4 is 10.1 Å². The van der Waals surface area contributed by atoms with Gasteiger partial charge in [0.2, 0.25) is 0 Å². The van der Waals surface area contributed by atoms with Crippen LogP contribution in [0.2, 0.25) is 0 Å². The maximum Gasteiger partial charge on any atom is 0.394 e. The van der Waals surface area contributed by atoms with Gasteiger partial charge < -0.3 is 15.2 Å². The second kappa shape index (κ2) is 13.4. The van der Waals surface area contributed by atoms with Crippen LogP contribution in [0.25, 0.3) is 11.3 Å². The number of hydrogen-bond acceptors (Lipinski definition) is 7. The Labute approximate surface area is 235 Å². The molecule has 1 aromatic heterocycles. The average molecular weight is 585 g/mol. The maximum absolute atomic E-state index is 13.4. The van der Waals surface area contributed by atoms with Gasteiger partial charge in [0.25, 0.3) is 5.91 Å². The van der Waals surface area contributed by atoms with Gasteiger partial charge in [-0.05, 0) is 62.6 Å². The number of aliphatic hydroxyl groups is 1. The first kappa shape index (κ1) is 33.0. The van der Waals surface area contributed by atoms with E-state index in [1.807, 2.05) is 0 Å². The molecular weight excluding hydrogens is 549 g/mol. The lowest BCUT2D eigenvalue weighted by Gasteiger charge is -2.34. The number of nitriles is 1. The number of alkyl halides is 3. The van der Waals surface area contributed by atoms with E-state index < -0.39 is 34.7 Å². The van der Waals surface area contributed by atoms with Gasteiger partial charge in [-0.25, -0.2) is 0 Å². The number of rotatable bonds is 8. The van der Waals surface area contributed by atoms with Crippen molar-refractivity contribution in [3.05, 3.63) is 35.0 Å². The number of methoxy groups -OCH3 is 1. The molecule has 0 spiro atoms. The summed E-state index contributed by atoms with van der Waals surface area (Å²) < 4.78 is 63.8. The average Bonchev–Trinajstić information content (AvgIpc) is 3.27. The number of ether oxygens (including phenoxy) is 1. The highest BCUT2D eigenvalue weighted by Gasteiger charge is 2.47. The highest BCUT2D eigenvalue weighted by Crippen LogP contribution is 2.42. The monoisotopic (exact) mass is 584 g/mol. The zero-order valence-electron chi connectivity index (χ0n) is 23.2. The summed E-state index contributed by atoms with van der Waals surface area (Å²) in [5, 5.41) is 27.9. The van der Waals surface area contributed by atoms with Gasteiger partial charge >= 0.3 is 17.7 Å². The number of halogens is 3. The second-order valence-electron chi connectivity index (χ2n) is 10.8. The maximum atomic E-state index is 13.4. The van der Waals surface area contributed by atoms with Crippen LogP contribution in [0.3, 0.4) is 0 Å². The van der Waals surface area contributed by atoms with Gasteiger partial charge in [0.15, 0.2) is 5.69 Å². The summed E-state index contributed by atoms with van der Waals surface area (Å²) >= 11 is -0.750. The first-order valence-electron chi connectivity index (χ1n) is 12.8. The minimum Gasteiger partial charge on any atom is -0.496 e. The van der Waals surface area contributed by atoms with E-state index >= 15 is 0 Å². The molecule has 1 saturated carbocycles. The van der Waals surface area contributed by atoms with Crippen molar-refractivity contribution in [2.45, 2.75) is 78.1 Å². The van der Waals surface area contributed by atoms with Gasteiger partial charge in [0.1, 0.15) is 17.4 Å². The quantitative estimate of drug-likeness (QED) is 0.464. The van der Waals surface area contributed by atoms with E-state index in [2.05, 4.69) is 23.4 Å². The smallest absolute Gasteiger partial charge is 0.394 e. The van der Waals surface area contributed by atoms with E-state index in [4.69, 9.17) is 13.2 Å². The molecule has 1 aliphatic carbocycles. The van der Waals surface area contributed by atoms with Crippen LogP contribution in [0.4, 0.5) is 13.2 Å². The van der Waals surface area contributed by atoms with Crippen molar-refractivity contribution in [1.29, 1.82) is 5.26 Å². The predicted molar refractivity (Wildman–Crippen MR) is 142 cm³/mol. The standard InChI is InChI=1S/C27H35F3N4O3.O2S/c1-6-34-23(19-8-7-18(13-21(19)37-5)14-25(3,4)27(28,29)30)20(15-31)22(33-34)24(35)32-16-26(36)11-9-17(2)10-12-26;1-3-2/h7-8,13,17,36H,6,9-12,14,16H2,1-5H3,(H,32,35);. The van der Waals surface area contributed by atoms with Crippen LogP contribution >= 0.6 is 0 Å². The molecule has 0 unspecified atom stereocenters. The molecule has 0 bridgehead atoms. The van der Waals surface area contributed by atoms with Crippen LogP contribution in [0.5, 0.6) is 5.75 Å². The van der Waals surface area contributed by atoms with Gasteiger partial charge in [0.05, 0.1) is 23.8 Å². The Balaban J connectivity index is 0.00000178. The van der Waals surface area contributed by atoms with E-state index in [0.29, 0.717) is 42.1 Å². The Bertz CT molecular complexity index is 1270. The molecule has 1 aliphatic rings. The van der Waals surface area contributed by atoms with Crippen LogP contribution in [0, 0.1) is 22.7 Å². The predicted octanol–water partition coefficient (Wildman–Crippen LogP) is 4.58. The second-order valence-corrected chi connectivity index (χ2v) is 10.9. The number of nitrogens with zero attached hydrogens (tertiary/aromatic N) is 3. The number of nitrogens with one attached hydrogen (secondary N) is 1. The Hall–Kier alpha value is -3.24. The summed E-state index contributed by atoms with van der Waals surface area (Å²) in [4.78, 5) is 13.1. The number of aryl methyl sites for hydroxylation is 1. The summed E-state index contributed by atoms with van der Waals surface area (Å²) in [7, 11) is 1.40. The summed E-state index contributed by atoms with van der Waals surface area (Å²) in [5.41, 5.74) is -1.75. The molecule has 1 aromatic carbocycles. The molecule has 2 N–H and O–H groups in total. The van der Waals surface area contributed by atoms with Crippen molar-refractivity contribution in [3.8, 4) is 23.1 Å². The molecule has 40 heavy (non-hydrogen) atoms. The van der Waals surface area contributed by atoms with Crippen LogP contribution in [-0.4, -0.2) is 54.6 Å². The van der Waals surface area contributed by atoms with Crippen molar-refractivity contribution in [1.82, 2.24) is 15.1 Å². The molecule has 0 radical (unpaired) electrons. The number of carbonyl (C=O) groups excluding carboxylic acids is 1. The van der Waals surface area contributed by atoms with E-state index in [1.54, 1.807) is 19.1 Å². The third-order valence-corrected chi connectivity index (χ3v) is 7.30. The van der Waals surface area contributed by atoms with Gasteiger partial charge in [-0.3, -0.25) is 9.48 Å². The molecule has 13 heteroatoms. The first-order chi connectivity index (χ1) is 18.7. The Kier molecular flexibility index (Phi) is 11.1. The fourth-order valence-electron chi connectivity index (χ4n) is 4.69. The molecule has 0 atom stereocenters. The minimum absolute atomic E-state index is 0.0327. The van der Waals surface area contributed by atoms with Crippen LogP contribution in [-0.2, 0) is 24.5 Å². The van der Waals surface area contributed by atoms with Crippen LogP contribution in [0.1, 0.15) is 75.0 Å². The fraction of sp³-hybridized carbons (Fsp3) is 0.593. The highest BCUT2D eigenvalue weighted by molar-refractivity contribution is 7.51.